The zero-order valence-corrected chi connectivity index (χ0v) is 11.4. The third-order valence-corrected chi connectivity index (χ3v) is 4.61. The standard InChI is InChI=1S/C14H29N3/c1-13(5-8-15)16-11-6-14(7-12-16)17-9-3-2-4-10-17/h13-14H,2-12,15H2,1H3. The topological polar surface area (TPSA) is 32.5 Å². The highest BCUT2D eigenvalue weighted by Crippen LogP contribution is 2.22. The van der Waals surface area contributed by atoms with E-state index in [1.807, 2.05) is 0 Å². The average Bonchev–Trinajstić information content (AvgIpc) is 2.40. The van der Waals surface area contributed by atoms with Crippen molar-refractivity contribution in [2.75, 3.05) is 32.7 Å². The summed E-state index contributed by atoms with van der Waals surface area (Å²) in [6.45, 7) is 8.41. The third-order valence-electron chi connectivity index (χ3n) is 4.61. The normalized spacial score (nSPS) is 27.2. The smallest absolute Gasteiger partial charge is 0.0120 e. The molecular weight excluding hydrogens is 210 g/mol. The van der Waals surface area contributed by atoms with E-state index in [1.165, 1.54) is 58.3 Å². The molecule has 0 aromatic carbocycles. The van der Waals surface area contributed by atoms with Crippen LogP contribution in [0.25, 0.3) is 0 Å². The monoisotopic (exact) mass is 239 g/mol. The molecular formula is C14H29N3. The molecule has 2 N–H and O–H groups in total. The van der Waals surface area contributed by atoms with Gasteiger partial charge in [0.05, 0.1) is 0 Å². The lowest BCUT2D eigenvalue weighted by Gasteiger charge is -2.42. The Morgan fingerprint density at radius 3 is 2.29 bits per heavy atom. The first kappa shape index (κ1) is 13.3. The Morgan fingerprint density at radius 1 is 1.06 bits per heavy atom. The minimum Gasteiger partial charge on any atom is -0.330 e. The van der Waals surface area contributed by atoms with E-state index in [0.717, 1.165) is 19.0 Å². The molecule has 2 heterocycles. The molecule has 1 atom stereocenters. The van der Waals surface area contributed by atoms with Gasteiger partial charge in [0.25, 0.3) is 0 Å². The first-order chi connectivity index (χ1) is 8.31. The van der Waals surface area contributed by atoms with Crippen molar-refractivity contribution in [3.05, 3.63) is 0 Å². The minimum atomic E-state index is 0.683. The average molecular weight is 239 g/mol. The summed E-state index contributed by atoms with van der Waals surface area (Å²) in [6.07, 6.45) is 8.18. The van der Waals surface area contributed by atoms with Gasteiger partial charge in [-0.15, -0.1) is 0 Å². The van der Waals surface area contributed by atoms with Gasteiger partial charge < -0.3 is 15.5 Å². The number of hydrogen-bond acceptors (Lipinski definition) is 3. The van der Waals surface area contributed by atoms with Gasteiger partial charge in [-0.1, -0.05) is 6.42 Å². The summed E-state index contributed by atoms with van der Waals surface area (Å²) < 4.78 is 0. The Labute approximate surface area is 106 Å². The van der Waals surface area contributed by atoms with E-state index >= 15 is 0 Å². The molecule has 1 unspecified atom stereocenters. The van der Waals surface area contributed by atoms with Crippen LogP contribution in [-0.2, 0) is 0 Å². The van der Waals surface area contributed by atoms with Gasteiger partial charge in [0.2, 0.25) is 0 Å². The van der Waals surface area contributed by atoms with Gasteiger partial charge in [-0.3, -0.25) is 0 Å². The Bertz CT molecular complexity index is 206. The van der Waals surface area contributed by atoms with E-state index in [1.54, 1.807) is 0 Å². The van der Waals surface area contributed by atoms with E-state index < -0.39 is 0 Å². The van der Waals surface area contributed by atoms with Crippen molar-refractivity contribution < 1.29 is 0 Å². The lowest BCUT2D eigenvalue weighted by molar-refractivity contribution is 0.0745. The van der Waals surface area contributed by atoms with Crippen LogP contribution in [0.15, 0.2) is 0 Å². The van der Waals surface area contributed by atoms with Crippen molar-refractivity contribution in [3.8, 4) is 0 Å². The van der Waals surface area contributed by atoms with E-state index in [0.29, 0.717) is 6.04 Å². The summed E-state index contributed by atoms with van der Waals surface area (Å²) in [5.74, 6) is 0. The number of likely N-dealkylation sites (tertiary alicyclic amines) is 2. The van der Waals surface area contributed by atoms with Crippen molar-refractivity contribution in [2.24, 2.45) is 5.73 Å². The van der Waals surface area contributed by atoms with Crippen LogP contribution in [0.5, 0.6) is 0 Å². The lowest BCUT2D eigenvalue weighted by Crippen LogP contribution is -2.49. The molecule has 0 aliphatic carbocycles. The molecule has 0 spiro atoms. The van der Waals surface area contributed by atoms with Crippen molar-refractivity contribution in [3.63, 3.8) is 0 Å². The van der Waals surface area contributed by atoms with E-state index in [9.17, 15) is 0 Å². The molecule has 100 valence electrons. The largest absolute Gasteiger partial charge is 0.330 e. The molecule has 2 aliphatic heterocycles. The number of nitrogens with two attached hydrogens (primary N) is 1. The van der Waals surface area contributed by atoms with Gasteiger partial charge in [-0.2, -0.15) is 0 Å². The highest BCUT2D eigenvalue weighted by Gasteiger charge is 2.26. The Balaban J connectivity index is 1.73. The van der Waals surface area contributed by atoms with Crippen molar-refractivity contribution in [2.45, 2.75) is 57.5 Å². The van der Waals surface area contributed by atoms with Crippen LogP contribution < -0.4 is 5.73 Å². The highest BCUT2D eigenvalue weighted by molar-refractivity contribution is 4.83. The maximum Gasteiger partial charge on any atom is 0.0120 e. The van der Waals surface area contributed by atoms with Gasteiger partial charge >= 0.3 is 0 Å². The fourth-order valence-corrected chi connectivity index (χ4v) is 3.40. The first-order valence-electron chi connectivity index (χ1n) is 7.49. The minimum absolute atomic E-state index is 0.683. The molecule has 0 aromatic heterocycles. The van der Waals surface area contributed by atoms with E-state index in [4.69, 9.17) is 5.73 Å². The molecule has 17 heavy (non-hydrogen) atoms. The number of nitrogens with zero attached hydrogens (tertiary/aromatic N) is 2. The van der Waals surface area contributed by atoms with Crippen LogP contribution in [0.3, 0.4) is 0 Å². The molecule has 2 fully saturated rings. The number of hydrogen-bond donors (Lipinski definition) is 1. The molecule has 0 amide bonds. The quantitative estimate of drug-likeness (QED) is 0.810. The van der Waals surface area contributed by atoms with Crippen LogP contribution in [0.1, 0.15) is 45.4 Å². The molecule has 2 aliphatic rings. The molecule has 3 nitrogen and oxygen atoms in total. The molecule has 0 aromatic rings. The number of piperidine rings is 2. The van der Waals surface area contributed by atoms with Crippen LogP contribution in [0.4, 0.5) is 0 Å². The second-order valence-electron chi connectivity index (χ2n) is 5.79. The Hall–Kier alpha value is -0.120. The fourth-order valence-electron chi connectivity index (χ4n) is 3.40. The first-order valence-corrected chi connectivity index (χ1v) is 7.49. The summed E-state index contributed by atoms with van der Waals surface area (Å²) >= 11 is 0. The van der Waals surface area contributed by atoms with Gasteiger partial charge in [0, 0.05) is 12.1 Å². The third kappa shape index (κ3) is 3.67. The zero-order valence-electron chi connectivity index (χ0n) is 11.4. The molecule has 2 saturated heterocycles. The predicted molar refractivity (Wildman–Crippen MR) is 73.2 cm³/mol. The van der Waals surface area contributed by atoms with Crippen molar-refractivity contribution in [1.82, 2.24) is 9.80 Å². The van der Waals surface area contributed by atoms with Crippen LogP contribution in [-0.4, -0.2) is 54.6 Å². The van der Waals surface area contributed by atoms with Crippen LogP contribution in [0, 0.1) is 0 Å². The van der Waals surface area contributed by atoms with Gasteiger partial charge in [0.15, 0.2) is 0 Å². The Kier molecular flexibility index (Phi) is 5.26. The molecule has 2 rings (SSSR count). The molecule has 3 heteroatoms. The number of rotatable bonds is 4. The van der Waals surface area contributed by atoms with Gasteiger partial charge in [-0.25, -0.2) is 0 Å². The van der Waals surface area contributed by atoms with Crippen LogP contribution in [0.2, 0.25) is 0 Å². The molecule has 0 radical (unpaired) electrons. The summed E-state index contributed by atoms with van der Waals surface area (Å²) in [7, 11) is 0. The second-order valence-corrected chi connectivity index (χ2v) is 5.79. The van der Waals surface area contributed by atoms with E-state index in [2.05, 4.69) is 16.7 Å². The predicted octanol–water partition coefficient (Wildman–Crippen LogP) is 1.67. The highest BCUT2D eigenvalue weighted by atomic mass is 15.2. The molecule has 0 saturated carbocycles. The summed E-state index contributed by atoms with van der Waals surface area (Å²) in [4.78, 5) is 5.38. The lowest BCUT2D eigenvalue weighted by atomic mass is 9.98. The summed E-state index contributed by atoms with van der Waals surface area (Å²) in [5, 5.41) is 0. The van der Waals surface area contributed by atoms with E-state index in [-0.39, 0.29) is 0 Å². The maximum absolute atomic E-state index is 5.65. The summed E-state index contributed by atoms with van der Waals surface area (Å²) in [5.41, 5.74) is 5.65. The SMILES string of the molecule is CC(CCN)N1CCC(N2CCCCC2)CC1. The summed E-state index contributed by atoms with van der Waals surface area (Å²) in [6, 6.07) is 1.55. The van der Waals surface area contributed by atoms with Crippen molar-refractivity contribution in [1.29, 1.82) is 0 Å². The maximum atomic E-state index is 5.65. The van der Waals surface area contributed by atoms with Crippen molar-refractivity contribution >= 4 is 0 Å². The molecule has 0 bridgehead atoms. The van der Waals surface area contributed by atoms with Gasteiger partial charge in [0.1, 0.15) is 0 Å². The second kappa shape index (κ2) is 6.72. The van der Waals surface area contributed by atoms with Gasteiger partial charge in [-0.05, 0) is 71.8 Å². The fraction of sp³-hybridized carbons (Fsp3) is 1.00. The Morgan fingerprint density at radius 2 is 1.71 bits per heavy atom. The zero-order chi connectivity index (χ0) is 12.1. The van der Waals surface area contributed by atoms with Crippen LogP contribution >= 0.6 is 0 Å².